The number of nitrogens with zero attached hydrogens (tertiary/aromatic N) is 1. The number of unbranched alkanes of at least 4 members (excludes halogenated alkanes) is 2. The Morgan fingerprint density at radius 1 is 1.05 bits per heavy atom. The van der Waals surface area contributed by atoms with Crippen LogP contribution in [-0.4, -0.2) is 26.7 Å². The van der Waals surface area contributed by atoms with E-state index in [0.29, 0.717) is 18.1 Å². The Kier molecular flexibility index (Phi) is 8.64. The Morgan fingerprint density at radius 2 is 1.59 bits per heavy atom. The first-order chi connectivity index (χ1) is 10.6. The van der Waals surface area contributed by atoms with Gasteiger partial charge in [0.2, 0.25) is 0 Å². The SMILES string of the molecule is CCCCC(CCCC)COC(=O)c1ccc(N(C)C)cc1. The van der Waals surface area contributed by atoms with Gasteiger partial charge in [-0.2, -0.15) is 0 Å². The molecule has 0 aliphatic rings. The summed E-state index contributed by atoms with van der Waals surface area (Å²) in [5.74, 6) is 0.299. The number of carbonyl (C=O) groups is 1. The van der Waals surface area contributed by atoms with Gasteiger partial charge in [-0.15, -0.1) is 0 Å². The van der Waals surface area contributed by atoms with Crippen LogP contribution in [0.1, 0.15) is 62.7 Å². The smallest absolute Gasteiger partial charge is 0.338 e. The first-order valence-electron chi connectivity index (χ1n) is 8.53. The molecule has 0 aliphatic carbocycles. The number of ether oxygens (including phenoxy) is 1. The van der Waals surface area contributed by atoms with E-state index in [2.05, 4.69) is 13.8 Å². The van der Waals surface area contributed by atoms with Gasteiger partial charge in [0.1, 0.15) is 0 Å². The van der Waals surface area contributed by atoms with Gasteiger partial charge in [0, 0.05) is 19.8 Å². The summed E-state index contributed by atoms with van der Waals surface area (Å²) >= 11 is 0. The fraction of sp³-hybridized carbons (Fsp3) is 0.632. The number of hydrogen-bond donors (Lipinski definition) is 0. The number of rotatable bonds is 10. The lowest BCUT2D eigenvalue weighted by Gasteiger charge is -2.17. The van der Waals surface area contributed by atoms with Crippen molar-refractivity contribution in [2.45, 2.75) is 52.4 Å². The van der Waals surface area contributed by atoms with Crippen LogP contribution in [0.15, 0.2) is 24.3 Å². The predicted octanol–water partition coefficient (Wildman–Crippen LogP) is 4.91. The standard InChI is InChI=1S/C19H31NO2/c1-5-7-9-16(10-8-6-2)15-22-19(21)17-11-13-18(14-12-17)20(3)4/h11-14,16H,5-10,15H2,1-4H3. The van der Waals surface area contributed by atoms with Crippen molar-refractivity contribution in [2.24, 2.45) is 5.92 Å². The lowest BCUT2D eigenvalue weighted by molar-refractivity contribution is 0.0423. The maximum atomic E-state index is 12.1. The van der Waals surface area contributed by atoms with E-state index in [1.54, 1.807) is 0 Å². The lowest BCUT2D eigenvalue weighted by atomic mass is 9.97. The summed E-state index contributed by atoms with van der Waals surface area (Å²) in [4.78, 5) is 14.2. The summed E-state index contributed by atoms with van der Waals surface area (Å²) < 4.78 is 5.53. The minimum absolute atomic E-state index is 0.205. The van der Waals surface area contributed by atoms with Crippen LogP contribution in [0.3, 0.4) is 0 Å². The van der Waals surface area contributed by atoms with Crippen LogP contribution in [0.2, 0.25) is 0 Å². The fourth-order valence-corrected chi connectivity index (χ4v) is 2.47. The second kappa shape index (κ2) is 10.3. The molecule has 3 nitrogen and oxygen atoms in total. The molecule has 0 amide bonds. The van der Waals surface area contributed by atoms with Gasteiger partial charge in [-0.05, 0) is 43.0 Å². The third-order valence-corrected chi connectivity index (χ3v) is 4.00. The van der Waals surface area contributed by atoms with Crippen molar-refractivity contribution in [1.29, 1.82) is 0 Å². The average Bonchev–Trinajstić information content (AvgIpc) is 2.54. The molecule has 0 atom stereocenters. The van der Waals surface area contributed by atoms with Crippen LogP contribution in [0.5, 0.6) is 0 Å². The zero-order valence-electron chi connectivity index (χ0n) is 14.6. The van der Waals surface area contributed by atoms with Crippen molar-refractivity contribution in [3.63, 3.8) is 0 Å². The van der Waals surface area contributed by atoms with E-state index >= 15 is 0 Å². The molecule has 0 radical (unpaired) electrons. The summed E-state index contributed by atoms with van der Waals surface area (Å²) in [6, 6.07) is 7.57. The van der Waals surface area contributed by atoms with Crippen LogP contribution in [0.25, 0.3) is 0 Å². The minimum atomic E-state index is -0.205. The summed E-state index contributed by atoms with van der Waals surface area (Å²) in [6.45, 7) is 4.96. The molecule has 0 saturated carbocycles. The predicted molar refractivity (Wildman–Crippen MR) is 93.6 cm³/mol. The molecule has 22 heavy (non-hydrogen) atoms. The number of hydrogen-bond acceptors (Lipinski definition) is 3. The summed E-state index contributed by atoms with van der Waals surface area (Å²) in [7, 11) is 3.97. The zero-order valence-corrected chi connectivity index (χ0v) is 14.6. The minimum Gasteiger partial charge on any atom is -0.462 e. The number of benzene rings is 1. The molecule has 0 bridgehead atoms. The normalized spacial score (nSPS) is 10.8. The highest BCUT2D eigenvalue weighted by atomic mass is 16.5. The van der Waals surface area contributed by atoms with Crippen molar-refractivity contribution in [3.05, 3.63) is 29.8 Å². The third-order valence-electron chi connectivity index (χ3n) is 4.00. The summed E-state index contributed by atoms with van der Waals surface area (Å²) in [5.41, 5.74) is 1.72. The molecule has 0 aromatic heterocycles. The molecular formula is C19H31NO2. The van der Waals surface area contributed by atoms with Gasteiger partial charge in [0.25, 0.3) is 0 Å². The van der Waals surface area contributed by atoms with E-state index in [4.69, 9.17) is 4.74 Å². The van der Waals surface area contributed by atoms with Gasteiger partial charge in [-0.25, -0.2) is 4.79 Å². The maximum absolute atomic E-state index is 12.1. The molecule has 0 saturated heterocycles. The van der Waals surface area contributed by atoms with Gasteiger partial charge in [-0.3, -0.25) is 0 Å². The highest BCUT2D eigenvalue weighted by Crippen LogP contribution is 2.18. The Morgan fingerprint density at radius 3 is 2.05 bits per heavy atom. The topological polar surface area (TPSA) is 29.5 Å². The van der Waals surface area contributed by atoms with Crippen LogP contribution in [-0.2, 0) is 4.74 Å². The molecule has 0 N–H and O–H groups in total. The molecule has 3 heteroatoms. The van der Waals surface area contributed by atoms with Crippen molar-refractivity contribution in [3.8, 4) is 0 Å². The van der Waals surface area contributed by atoms with Gasteiger partial charge < -0.3 is 9.64 Å². The number of anilines is 1. The monoisotopic (exact) mass is 305 g/mol. The van der Waals surface area contributed by atoms with Crippen LogP contribution in [0.4, 0.5) is 5.69 Å². The molecule has 1 rings (SSSR count). The highest BCUT2D eigenvalue weighted by Gasteiger charge is 2.13. The molecule has 1 aromatic rings. The first-order valence-corrected chi connectivity index (χ1v) is 8.53. The largest absolute Gasteiger partial charge is 0.462 e. The van der Waals surface area contributed by atoms with Gasteiger partial charge >= 0.3 is 5.97 Å². The van der Waals surface area contributed by atoms with E-state index in [0.717, 1.165) is 18.5 Å². The second-order valence-corrected chi connectivity index (χ2v) is 6.19. The van der Waals surface area contributed by atoms with E-state index in [-0.39, 0.29) is 5.97 Å². The van der Waals surface area contributed by atoms with E-state index < -0.39 is 0 Å². The second-order valence-electron chi connectivity index (χ2n) is 6.19. The van der Waals surface area contributed by atoms with Crippen LogP contribution < -0.4 is 4.90 Å². The van der Waals surface area contributed by atoms with Crippen molar-refractivity contribution in [2.75, 3.05) is 25.6 Å². The molecule has 0 spiro atoms. The first kappa shape index (κ1) is 18.5. The zero-order chi connectivity index (χ0) is 16.4. The van der Waals surface area contributed by atoms with E-state index in [1.807, 2.05) is 43.3 Å². The highest BCUT2D eigenvalue weighted by molar-refractivity contribution is 5.89. The molecule has 124 valence electrons. The summed E-state index contributed by atoms with van der Waals surface area (Å²) in [5, 5.41) is 0. The Balaban J connectivity index is 2.50. The van der Waals surface area contributed by atoms with Gasteiger partial charge in [0.15, 0.2) is 0 Å². The molecule has 0 heterocycles. The maximum Gasteiger partial charge on any atom is 0.338 e. The van der Waals surface area contributed by atoms with Crippen LogP contribution >= 0.6 is 0 Å². The Labute approximate surface area is 135 Å². The number of carbonyl (C=O) groups excluding carboxylic acids is 1. The van der Waals surface area contributed by atoms with Crippen molar-refractivity contribution in [1.82, 2.24) is 0 Å². The molecule has 1 aromatic carbocycles. The lowest BCUT2D eigenvalue weighted by Crippen LogP contribution is -2.15. The van der Waals surface area contributed by atoms with E-state index in [1.165, 1.54) is 25.7 Å². The van der Waals surface area contributed by atoms with Crippen LogP contribution in [0, 0.1) is 5.92 Å². The van der Waals surface area contributed by atoms with Crippen molar-refractivity contribution >= 4 is 11.7 Å². The molecule has 0 fully saturated rings. The fourth-order valence-electron chi connectivity index (χ4n) is 2.47. The van der Waals surface area contributed by atoms with E-state index in [9.17, 15) is 4.79 Å². The Hall–Kier alpha value is -1.51. The summed E-state index contributed by atoms with van der Waals surface area (Å²) in [6.07, 6.45) is 7.13. The Bertz CT molecular complexity index is 418. The molecule has 0 aliphatic heterocycles. The molecular weight excluding hydrogens is 274 g/mol. The number of esters is 1. The van der Waals surface area contributed by atoms with Gasteiger partial charge in [-0.1, -0.05) is 39.5 Å². The average molecular weight is 305 g/mol. The quantitative estimate of drug-likeness (QED) is 0.575. The third kappa shape index (κ3) is 6.50. The van der Waals surface area contributed by atoms with Gasteiger partial charge in [0.05, 0.1) is 12.2 Å². The molecule has 0 unspecified atom stereocenters. The van der Waals surface area contributed by atoms with Crippen molar-refractivity contribution < 1.29 is 9.53 Å².